The molecule has 0 saturated heterocycles. The normalized spacial score (nSPS) is 26.9. The van der Waals surface area contributed by atoms with Gasteiger partial charge in [-0.15, -0.1) is 0 Å². The van der Waals surface area contributed by atoms with E-state index in [9.17, 15) is 14.7 Å². The standard InChI is InChI=1S/C13H16BrNO4/c1-13(7-3-2-4-8(13)12(17)18)15-11(16)9-5-6-10(14)19-9/h5-6,8H,2-4,7H2,1H3,(H,15,16)(H,17,18). The molecule has 5 nitrogen and oxygen atoms in total. The van der Waals surface area contributed by atoms with Gasteiger partial charge in [0.1, 0.15) is 0 Å². The molecule has 1 aliphatic carbocycles. The van der Waals surface area contributed by atoms with E-state index in [0.29, 0.717) is 17.5 Å². The number of hydrogen-bond donors (Lipinski definition) is 2. The average Bonchev–Trinajstić information content (AvgIpc) is 2.75. The second-order valence-electron chi connectivity index (χ2n) is 5.11. The van der Waals surface area contributed by atoms with Crippen molar-refractivity contribution in [1.82, 2.24) is 5.32 Å². The van der Waals surface area contributed by atoms with E-state index in [1.807, 2.05) is 0 Å². The summed E-state index contributed by atoms with van der Waals surface area (Å²) < 4.78 is 5.66. The molecular weight excluding hydrogens is 314 g/mol. The minimum absolute atomic E-state index is 0.183. The van der Waals surface area contributed by atoms with Crippen molar-refractivity contribution in [2.24, 2.45) is 5.92 Å². The van der Waals surface area contributed by atoms with Gasteiger partial charge < -0.3 is 14.8 Å². The lowest BCUT2D eigenvalue weighted by Gasteiger charge is -2.39. The molecule has 1 saturated carbocycles. The summed E-state index contributed by atoms with van der Waals surface area (Å²) in [6, 6.07) is 3.19. The number of furan rings is 1. The highest BCUT2D eigenvalue weighted by Crippen LogP contribution is 2.34. The van der Waals surface area contributed by atoms with Crippen LogP contribution in [0.25, 0.3) is 0 Å². The third-order valence-corrected chi connectivity index (χ3v) is 4.13. The molecule has 2 N–H and O–H groups in total. The molecule has 0 aliphatic heterocycles. The van der Waals surface area contributed by atoms with E-state index in [-0.39, 0.29) is 11.7 Å². The number of hydrogen-bond acceptors (Lipinski definition) is 3. The van der Waals surface area contributed by atoms with Crippen LogP contribution in [0.2, 0.25) is 0 Å². The summed E-state index contributed by atoms with van der Waals surface area (Å²) in [4.78, 5) is 23.4. The first-order valence-electron chi connectivity index (χ1n) is 6.23. The Kier molecular flexibility index (Phi) is 3.99. The highest BCUT2D eigenvalue weighted by atomic mass is 79.9. The first-order chi connectivity index (χ1) is 8.92. The van der Waals surface area contributed by atoms with E-state index >= 15 is 0 Å². The topological polar surface area (TPSA) is 79.5 Å². The van der Waals surface area contributed by atoms with Crippen LogP contribution < -0.4 is 5.32 Å². The van der Waals surface area contributed by atoms with Crippen LogP contribution in [0.5, 0.6) is 0 Å². The summed E-state index contributed by atoms with van der Waals surface area (Å²) >= 11 is 3.13. The summed E-state index contributed by atoms with van der Waals surface area (Å²) in [5.41, 5.74) is -0.722. The van der Waals surface area contributed by atoms with Crippen LogP contribution in [0.3, 0.4) is 0 Å². The van der Waals surface area contributed by atoms with Crippen LogP contribution >= 0.6 is 15.9 Å². The van der Waals surface area contributed by atoms with Crippen LogP contribution in [0.15, 0.2) is 21.2 Å². The van der Waals surface area contributed by atoms with Crippen molar-refractivity contribution in [2.75, 3.05) is 0 Å². The van der Waals surface area contributed by atoms with Gasteiger partial charge in [-0.05, 0) is 47.8 Å². The van der Waals surface area contributed by atoms with Crippen molar-refractivity contribution in [3.05, 3.63) is 22.6 Å². The van der Waals surface area contributed by atoms with E-state index in [2.05, 4.69) is 21.2 Å². The fourth-order valence-electron chi connectivity index (χ4n) is 2.64. The Morgan fingerprint density at radius 1 is 1.47 bits per heavy atom. The van der Waals surface area contributed by atoms with Crippen molar-refractivity contribution in [3.63, 3.8) is 0 Å². The Morgan fingerprint density at radius 3 is 2.79 bits per heavy atom. The monoisotopic (exact) mass is 329 g/mol. The highest BCUT2D eigenvalue weighted by Gasteiger charge is 2.42. The molecular formula is C13H16BrNO4. The Labute approximate surface area is 119 Å². The average molecular weight is 330 g/mol. The Morgan fingerprint density at radius 2 is 2.21 bits per heavy atom. The number of aliphatic carboxylic acids is 1. The molecule has 2 unspecified atom stereocenters. The molecule has 1 amide bonds. The van der Waals surface area contributed by atoms with E-state index in [0.717, 1.165) is 12.8 Å². The lowest BCUT2D eigenvalue weighted by Crippen LogP contribution is -2.55. The molecule has 1 aromatic rings. The highest BCUT2D eigenvalue weighted by molar-refractivity contribution is 9.10. The minimum Gasteiger partial charge on any atom is -0.481 e. The predicted octanol–water partition coefficient (Wildman–Crippen LogP) is 2.81. The van der Waals surface area contributed by atoms with Crippen molar-refractivity contribution in [1.29, 1.82) is 0 Å². The SMILES string of the molecule is CC1(NC(=O)c2ccc(Br)o2)CCCCC1C(=O)O. The third-order valence-electron chi connectivity index (χ3n) is 3.70. The number of carboxylic acids is 1. The number of rotatable bonds is 3. The van der Waals surface area contributed by atoms with Gasteiger partial charge >= 0.3 is 5.97 Å². The summed E-state index contributed by atoms with van der Waals surface area (Å²) in [5.74, 6) is -1.60. The zero-order valence-corrected chi connectivity index (χ0v) is 12.2. The fourth-order valence-corrected chi connectivity index (χ4v) is 2.94. The first kappa shape index (κ1) is 14.1. The van der Waals surface area contributed by atoms with Gasteiger partial charge in [-0.25, -0.2) is 0 Å². The fraction of sp³-hybridized carbons (Fsp3) is 0.538. The van der Waals surface area contributed by atoms with Gasteiger partial charge in [0.2, 0.25) is 0 Å². The number of carboxylic acid groups (broad SMARTS) is 1. The largest absolute Gasteiger partial charge is 0.481 e. The quantitative estimate of drug-likeness (QED) is 0.893. The summed E-state index contributed by atoms with van der Waals surface area (Å²) in [7, 11) is 0. The third kappa shape index (κ3) is 3.00. The van der Waals surface area contributed by atoms with E-state index in [1.54, 1.807) is 19.1 Å². The van der Waals surface area contributed by atoms with Crippen molar-refractivity contribution >= 4 is 27.8 Å². The van der Waals surface area contributed by atoms with Gasteiger partial charge in [0.15, 0.2) is 10.4 Å². The van der Waals surface area contributed by atoms with Gasteiger partial charge in [0, 0.05) is 0 Å². The van der Waals surface area contributed by atoms with Gasteiger partial charge in [-0.3, -0.25) is 9.59 Å². The lowest BCUT2D eigenvalue weighted by atomic mass is 9.74. The van der Waals surface area contributed by atoms with Crippen LogP contribution in [0.4, 0.5) is 0 Å². The van der Waals surface area contributed by atoms with Gasteiger partial charge in [0.25, 0.3) is 5.91 Å². The van der Waals surface area contributed by atoms with Crippen LogP contribution in [-0.4, -0.2) is 22.5 Å². The first-order valence-corrected chi connectivity index (χ1v) is 7.02. The van der Waals surface area contributed by atoms with Crippen molar-refractivity contribution in [2.45, 2.75) is 38.1 Å². The van der Waals surface area contributed by atoms with Crippen molar-refractivity contribution < 1.29 is 19.1 Å². The molecule has 1 aliphatic rings. The molecule has 0 spiro atoms. The molecule has 1 aromatic heterocycles. The Hall–Kier alpha value is -1.30. The van der Waals surface area contributed by atoms with E-state index < -0.39 is 17.4 Å². The maximum absolute atomic E-state index is 12.1. The second kappa shape index (κ2) is 5.36. The molecule has 2 atom stereocenters. The molecule has 2 rings (SSSR count). The molecule has 0 aromatic carbocycles. The van der Waals surface area contributed by atoms with Crippen LogP contribution in [-0.2, 0) is 4.79 Å². The number of nitrogens with one attached hydrogen (secondary N) is 1. The van der Waals surface area contributed by atoms with Gasteiger partial charge in [-0.2, -0.15) is 0 Å². The summed E-state index contributed by atoms with van der Waals surface area (Å²) in [6.07, 6.45) is 3.06. The number of amides is 1. The van der Waals surface area contributed by atoms with Crippen LogP contribution in [0.1, 0.15) is 43.2 Å². The molecule has 104 valence electrons. The molecule has 19 heavy (non-hydrogen) atoms. The van der Waals surface area contributed by atoms with E-state index in [4.69, 9.17) is 4.42 Å². The number of carbonyl (C=O) groups excluding carboxylic acids is 1. The van der Waals surface area contributed by atoms with Crippen molar-refractivity contribution in [3.8, 4) is 0 Å². The summed E-state index contributed by atoms with van der Waals surface area (Å²) in [6.45, 7) is 1.79. The molecule has 6 heteroatoms. The second-order valence-corrected chi connectivity index (χ2v) is 5.89. The Balaban J connectivity index is 2.15. The van der Waals surface area contributed by atoms with Crippen LogP contribution in [0, 0.1) is 5.92 Å². The lowest BCUT2D eigenvalue weighted by molar-refractivity contribution is -0.145. The molecule has 0 radical (unpaired) electrons. The molecule has 1 fully saturated rings. The van der Waals surface area contributed by atoms with E-state index in [1.165, 1.54) is 0 Å². The number of carbonyl (C=O) groups is 2. The predicted molar refractivity (Wildman–Crippen MR) is 71.9 cm³/mol. The summed E-state index contributed by atoms with van der Waals surface area (Å²) in [5, 5.41) is 12.1. The minimum atomic E-state index is -0.858. The molecule has 1 heterocycles. The Bertz CT molecular complexity index is 499. The zero-order chi connectivity index (χ0) is 14.0. The van der Waals surface area contributed by atoms with Gasteiger partial charge in [-0.1, -0.05) is 12.8 Å². The van der Waals surface area contributed by atoms with Gasteiger partial charge in [0.05, 0.1) is 11.5 Å². The number of halogens is 1. The maximum Gasteiger partial charge on any atom is 0.308 e. The zero-order valence-electron chi connectivity index (χ0n) is 10.6. The maximum atomic E-state index is 12.1. The smallest absolute Gasteiger partial charge is 0.308 e. The molecule has 0 bridgehead atoms.